The van der Waals surface area contributed by atoms with E-state index in [9.17, 15) is 14.0 Å². The summed E-state index contributed by atoms with van der Waals surface area (Å²) >= 11 is 1.27. The van der Waals surface area contributed by atoms with Crippen LogP contribution in [-0.4, -0.2) is 24.6 Å². The maximum Gasteiger partial charge on any atom is 0.255 e. The molecular weight excluding hydrogens is 307 g/mol. The highest BCUT2D eigenvalue weighted by molar-refractivity contribution is 7.98. The summed E-state index contributed by atoms with van der Waals surface area (Å²) in [4.78, 5) is 24.2. The number of rotatable bonds is 6. The van der Waals surface area contributed by atoms with Crippen LogP contribution in [0.2, 0.25) is 0 Å². The lowest BCUT2D eigenvalue weighted by Gasteiger charge is -2.09. The van der Waals surface area contributed by atoms with Gasteiger partial charge in [0.2, 0.25) is 5.91 Å². The van der Waals surface area contributed by atoms with Gasteiger partial charge < -0.3 is 15.1 Å². The number of halogens is 1. The molecule has 2 N–H and O–H groups in total. The first-order valence-corrected chi connectivity index (χ1v) is 7.74. The molecule has 2 rings (SSSR count). The summed E-state index contributed by atoms with van der Waals surface area (Å²) in [5.74, 6) is -0.999. The molecule has 5 nitrogen and oxygen atoms in total. The molecule has 0 unspecified atom stereocenters. The van der Waals surface area contributed by atoms with Crippen molar-refractivity contribution in [2.75, 3.05) is 12.8 Å². The van der Waals surface area contributed by atoms with E-state index in [0.717, 1.165) is 0 Å². The number of hydrogen-bond acceptors (Lipinski definition) is 4. The molecule has 1 aromatic carbocycles. The quantitative estimate of drug-likeness (QED) is 0.800. The normalized spacial score (nSPS) is 10.3. The summed E-state index contributed by atoms with van der Waals surface area (Å²) in [6, 6.07) is 7.84. The average Bonchev–Trinajstić information content (AvgIpc) is 3.03. The van der Waals surface area contributed by atoms with Gasteiger partial charge in [0, 0.05) is 4.90 Å². The van der Waals surface area contributed by atoms with E-state index in [-0.39, 0.29) is 24.6 Å². The van der Waals surface area contributed by atoms with Gasteiger partial charge in [0.1, 0.15) is 11.6 Å². The smallest absolute Gasteiger partial charge is 0.255 e. The molecule has 0 aliphatic heterocycles. The van der Waals surface area contributed by atoms with Crippen LogP contribution in [0.5, 0.6) is 0 Å². The Hall–Kier alpha value is -2.28. The van der Waals surface area contributed by atoms with E-state index in [4.69, 9.17) is 4.42 Å². The van der Waals surface area contributed by atoms with E-state index in [1.165, 1.54) is 30.2 Å². The third-order valence-electron chi connectivity index (χ3n) is 2.87. The predicted octanol–water partition coefficient (Wildman–Crippen LogP) is 2.19. The van der Waals surface area contributed by atoms with E-state index in [0.29, 0.717) is 10.7 Å². The van der Waals surface area contributed by atoms with E-state index in [2.05, 4.69) is 10.6 Å². The molecule has 0 bridgehead atoms. The maximum atomic E-state index is 13.8. The van der Waals surface area contributed by atoms with Crippen molar-refractivity contribution < 1.29 is 18.4 Å². The Bertz CT molecular complexity index is 659. The summed E-state index contributed by atoms with van der Waals surface area (Å²) in [7, 11) is 0. The molecule has 0 saturated carbocycles. The minimum atomic E-state index is -0.615. The largest absolute Gasteiger partial charge is 0.467 e. The first-order valence-electron chi connectivity index (χ1n) is 6.51. The molecule has 0 spiro atoms. The van der Waals surface area contributed by atoms with Crippen molar-refractivity contribution in [3.05, 3.63) is 53.7 Å². The SMILES string of the molecule is CSc1cccc(F)c1C(=O)NCC(=O)NCc1ccco1. The summed E-state index contributed by atoms with van der Waals surface area (Å²) < 4.78 is 18.8. The first-order chi connectivity index (χ1) is 10.6. The zero-order valence-electron chi connectivity index (χ0n) is 11.9. The van der Waals surface area contributed by atoms with E-state index < -0.39 is 11.7 Å². The highest BCUT2D eigenvalue weighted by Crippen LogP contribution is 2.22. The molecule has 0 radical (unpaired) electrons. The fourth-order valence-electron chi connectivity index (χ4n) is 1.81. The second kappa shape index (κ2) is 7.65. The van der Waals surface area contributed by atoms with Crippen molar-refractivity contribution in [3.63, 3.8) is 0 Å². The average molecular weight is 322 g/mol. The number of hydrogen-bond donors (Lipinski definition) is 2. The summed E-state index contributed by atoms with van der Waals surface area (Å²) in [6.45, 7) is -0.000832. The van der Waals surface area contributed by atoms with Gasteiger partial charge in [-0.2, -0.15) is 0 Å². The Labute approximate surface area is 131 Å². The lowest BCUT2D eigenvalue weighted by molar-refractivity contribution is -0.120. The van der Waals surface area contributed by atoms with Crippen LogP contribution >= 0.6 is 11.8 Å². The van der Waals surface area contributed by atoms with E-state index >= 15 is 0 Å². The Kier molecular flexibility index (Phi) is 5.60. The second-order valence-corrected chi connectivity index (χ2v) is 5.20. The van der Waals surface area contributed by atoms with Crippen molar-refractivity contribution in [2.24, 2.45) is 0 Å². The highest BCUT2D eigenvalue weighted by atomic mass is 32.2. The first kappa shape index (κ1) is 16.1. The lowest BCUT2D eigenvalue weighted by atomic mass is 10.2. The molecule has 22 heavy (non-hydrogen) atoms. The number of furan rings is 1. The lowest BCUT2D eigenvalue weighted by Crippen LogP contribution is -2.37. The Morgan fingerprint density at radius 1 is 1.23 bits per heavy atom. The number of amides is 2. The minimum Gasteiger partial charge on any atom is -0.467 e. The molecular formula is C15H15FN2O3S. The maximum absolute atomic E-state index is 13.8. The standard InChI is InChI=1S/C15H15FN2O3S/c1-22-12-6-2-5-11(16)14(12)15(20)18-9-13(19)17-8-10-4-3-7-21-10/h2-7H,8-9H2,1H3,(H,17,19)(H,18,20). The van der Waals surface area contributed by atoms with Gasteiger partial charge >= 0.3 is 0 Å². The Morgan fingerprint density at radius 2 is 2.05 bits per heavy atom. The van der Waals surface area contributed by atoms with Crippen LogP contribution in [0.25, 0.3) is 0 Å². The number of thioether (sulfide) groups is 1. The van der Waals surface area contributed by atoms with Gasteiger partial charge in [-0.15, -0.1) is 11.8 Å². The van der Waals surface area contributed by atoms with Gasteiger partial charge in [0.15, 0.2) is 0 Å². The Morgan fingerprint density at radius 3 is 2.73 bits per heavy atom. The summed E-state index contributed by atoms with van der Waals surface area (Å²) in [6.07, 6.45) is 3.26. The van der Waals surface area contributed by atoms with Gasteiger partial charge in [0.05, 0.1) is 24.9 Å². The van der Waals surface area contributed by atoms with Gasteiger partial charge in [-0.05, 0) is 30.5 Å². The van der Waals surface area contributed by atoms with Gasteiger partial charge in [0.25, 0.3) is 5.91 Å². The number of benzene rings is 1. The van der Waals surface area contributed by atoms with Crippen LogP contribution in [0, 0.1) is 5.82 Å². The third kappa shape index (κ3) is 4.11. The van der Waals surface area contributed by atoms with Crippen LogP contribution in [0.1, 0.15) is 16.1 Å². The summed E-state index contributed by atoms with van der Waals surface area (Å²) in [5, 5.41) is 5.00. The molecule has 0 fully saturated rings. The van der Waals surface area contributed by atoms with Crippen LogP contribution in [0.15, 0.2) is 45.9 Å². The predicted molar refractivity (Wildman–Crippen MR) is 81.1 cm³/mol. The van der Waals surface area contributed by atoms with Crippen LogP contribution in [0.3, 0.4) is 0 Å². The van der Waals surface area contributed by atoms with Crippen molar-refractivity contribution >= 4 is 23.6 Å². The molecule has 2 amide bonds. The van der Waals surface area contributed by atoms with Crippen LogP contribution in [-0.2, 0) is 11.3 Å². The Balaban J connectivity index is 1.88. The van der Waals surface area contributed by atoms with E-state index in [1.54, 1.807) is 24.5 Å². The van der Waals surface area contributed by atoms with E-state index in [1.807, 2.05) is 0 Å². The van der Waals surface area contributed by atoms with Crippen LogP contribution in [0.4, 0.5) is 4.39 Å². The highest BCUT2D eigenvalue weighted by Gasteiger charge is 2.16. The molecule has 116 valence electrons. The molecule has 0 aliphatic carbocycles. The monoisotopic (exact) mass is 322 g/mol. The number of carbonyl (C=O) groups is 2. The minimum absolute atomic E-state index is 0.0474. The molecule has 1 aromatic heterocycles. The second-order valence-electron chi connectivity index (χ2n) is 4.36. The number of carbonyl (C=O) groups excluding carboxylic acids is 2. The van der Waals surface area contributed by atoms with Crippen molar-refractivity contribution in [1.82, 2.24) is 10.6 Å². The molecule has 0 atom stereocenters. The third-order valence-corrected chi connectivity index (χ3v) is 3.65. The zero-order chi connectivity index (χ0) is 15.9. The molecule has 7 heteroatoms. The number of nitrogens with one attached hydrogen (secondary N) is 2. The fraction of sp³-hybridized carbons (Fsp3) is 0.200. The van der Waals surface area contributed by atoms with Crippen molar-refractivity contribution in [2.45, 2.75) is 11.4 Å². The molecule has 1 heterocycles. The van der Waals surface area contributed by atoms with Gasteiger partial charge in [-0.25, -0.2) is 4.39 Å². The topological polar surface area (TPSA) is 71.3 Å². The zero-order valence-corrected chi connectivity index (χ0v) is 12.7. The van der Waals surface area contributed by atoms with Crippen LogP contribution < -0.4 is 10.6 Å². The van der Waals surface area contributed by atoms with Crippen molar-refractivity contribution in [3.8, 4) is 0 Å². The fourth-order valence-corrected chi connectivity index (χ4v) is 2.41. The molecule has 0 saturated heterocycles. The van der Waals surface area contributed by atoms with Gasteiger partial charge in [-0.1, -0.05) is 6.07 Å². The molecule has 2 aromatic rings. The summed E-state index contributed by atoms with van der Waals surface area (Å²) in [5.41, 5.74) is -0.0474. The van der Waals surface area contributed by atoms with Crippen molar-refractivity contribution in [1.29, 1.82) is 0 Å². The molecule has 0 aliphatic rings. The van der Waals surface area contributed by atoms with Gasteiger partial charge in [-0.3, -0.25) is 9.59 Å².